The van der Waals surface area contributed by atoms with Gasteiger partial charge in [0.15, 0.2) is 6.61 Å². The number of benzene rings is 1. The lowest BCUT2D eigenvalue weighted by Crippen LogP contribution is -2.47. The van der Waals surface area contributed by atoms with Crippen molar-refractivity contribution in [1.29, 1.82) is 0 Å². The predicted octanol–water partition coefficient (Wildman–Crippen LogP) is 2.36. The number of rotatable bonds is 6. The summed E-state index contributed by atoms with van der Waals surface area (Å²) in [6.07, 6.45) is 2.12. The summed E-state index contributed by atoms with van der Waals surface area (Å²) in [6, 6.07) is 7.84. The highest BCUT2D eigenvalue weighted by Crippen LogP contribution is 2.14. The fourth-order valence-corrected chi connectivity index (χ4v) is 2.69. The topological polar surface area (TPSA) is 67.9 Å². The van der Waals surface area contributed by atoms with E-state index in [-0.39, 0.29) is 24.6 Å². The van der Waals surface area contributed by atoms with E-state index < -0.39 is 0 Å². The lowest BCUT2D eigenvalue weighted by Gasteiger charge is -2.31. The Kier molecular flexibility index (Phi) is 6.90. The molecule has 0 atom stereocenters. The van der Waals surface area contributed by atoms with Crippen LogP contribution in [0.5, 0.6) is 5.75 Å². The second-order valence-corrected chi connectivity index (χ2v) is 5.82. The minimum Gasteiger partial charge on any atom is -0.484 e. The molecule has 24 heavy (non-hydrogen) atoms. The van der Waals surface area contributed by atoms with E-state index in [1.54, 1.807) is 11.8 Å². The number of amides is 2. The van der Waals surface area contributed by atoms with Crippen molar-refractivity contribution in [2.45, 2.75) is 39.2 Å². The lowest BCUT2D eigenvalue weighted by molar-refractivity contribution is -0.124. The molecule has 0 unspecified atom stereocenters. The molecule has 1 fully saturated rings. The highest BCUT2D eigenvalue weighted by molar-refractivity contribution is 5.78. The summed E-state index contributed by atoms with van der Waals surface area (Å²) in [5, 5.41) is 2.97. The van der Waals surface area contributed by atoms with Crippen LogP contribution in [-0.2, 0) is 16.0 Å². The number of aryl methyl sites for hydroxylation is 1. The maximum Gasteiger partial charge on any atom is 0.409 e. The van der Waals surface area contributed by atoms with Gasteiger partial charge in [0.2, 0.25) is 0 Å². The van der Waals surface area contributed by atoms with Crippen LogP contribution in [0.4, 0.5) is 4.79 Å². The highest BCUT2D eigenvalue weighted by atomic mass is 16.6. The summed E-state index contributed by atoms with van der Waals surface area (Å²) < 4.78 is 10.5. The van der Waals surface area contributed by atoms with Crippen LogP contribution in [0, 0.1) is 0 Å². The molecule has 0 bridgehead atoms. The van der Waals surface area contributed by atoms with Crippen LogP contribution in [0.15, 0.2) is 24.3 Å². The third-order valence-electron chi connectivity index (χ3n) is 4.06. The summed E-state index contributed by atoms with van der Waals surface area (Å²) >= 11 is 0. The lowest BCUT2D eigenvalue weighted by atomic mass is 10.1. The Morgan fingerprint density at radius 2 is 2.00 bits per heavy atom. The van der Waals surface area contributed by atoms with Gasteiger partial charge in [-0.25, -0.2) is 4.79 Å². The molecular weight excluding hydrogens is 308 g/mol. The van der Waals surface area contributed by atoms with Crippen molar-refractivity contribution in [3.05, 3.63) is 29.8 Å². The van der Waals surface area contributed by atoms with Crippen LogP contribution in [-0.4, -0.2) is 49.2 Å². The molecule has 1 saturated heterocycles. The first kappa shape index (κ1) is 18.1. The fraction of sp³-hybridized carbons (Fsp3) is 0.556. The van der Waals surface area contributed by atoms with Gasteiger partial charge in [0.1, 0.15) is 5.75 Å². The molecule has 6 nitrogen and oxygen atoms in total. The molecular formula is C18H26N2O4. The second kappa shape index (κ2) is 9.15. The average molecular weight is 334 g/mol. The van der Waals surface area contributed by atoms with Crippen molar-refractivity contribution in [2.24, 2.45) is 0 Å². The van der Waals surface area contributed by atoms with Crippen molar-refractivity contribution in [1.82, 2.24) is 10.2 Å². The Bertz CT molecular complexity index is 554. The van der Waals surface area contributed by atoms with E-state index in [0.29, 0.717) is 25.4 Å². The molecule has 132 valence electrons. The number of carbonyl (C=O) groups is 2. The van der Waals surface area contributed by atoms with E-state index in [1.807, 2.05) is 24.3 Å². The van der Waals surface area contributed by atoms with E-state index in [9.17, 15) is 9.59 Å². The Morgan fingerprint density at radius 1 is 1.25 bits per heavy atom. The number of carbonyl (C=O) groups excluding carboxylic acids is 2. The number of hydrogen-bond acceptors (Lipinski definition) is 4. The molecule has 0 radical (unpaired) electrons. The molecule has 1 aromatic carbocycles. The van der Waals surface area contributed by atoms with Gasteiger partial charge >= 0.3 is 6.09 Å². The third-order valence-corrected chi connectivity index (χ3v) is 4.06. The minimum absolute atomic E-state index is 0.00522. The monoisotopic (exact) mass is 334 g/mol. The summed E-state index contributed by atoms with van der Waals surface area (Å²) in [6.45, 7) is 5.46. The molecule has 1 aromatic rings. The van der Waals surface area contributed by atoms with Crippen LogP contribution in [0.25, 0.3) is 0 Å². The SMILES string of the molecule is CCOC(=O)N1CCC(NC(=O)COc2cccc(CC)c2)CC1. The van der Waals surface area contributed by atoms with Crippen LogP contribution in [0.3, 0.4) is 0 Å². The van der Waals surface area contributed by atoms with Crippen LogP contribution in [0.1, 0.15) is 32.3 Å². The molecule has 2 amide bonds. The first-order valence-electron chi connectivity index (χ1n) is 8.55. The first-order chi connectivity index (χ1) is 11.6. The van der Waals surface area contributed by atoms with Gasteiger partial charge in [-0.05, 0) is 43.9 Å². The highest BCUT2D eigenvalue weighted by Gasteiger charge is 2.24. The molecule has 2 rings (SSSR count). The zero-order valence-corrected chi connectivity index (χ0v) is 14.4. The first-order valence-corrected chi connectivity index (χ1v) is 8.55. The van der Waals surface area contributed by atoms with Crippen molar-refractivity contribution >= 4 is 12.0 Å². The number of hydrogen-bond donors (Lipinski definition) is 1. The van der Waals surface area contributed by atoms with Crippen molar-refractivity contribution in [3.8, 4) is 5.75 Å². The number of nitrogens with zero attached hydrogens (tertiary/aromatic N) is 1. The number of ether oxygens (including phenoxy) is 2. The van der Waals surface area contributed by atoms with E-state index in [4.69, 9.17) is 9.47 Å². The molecule has 6 heteroatoms. The smallest absolute Gasteiger partial charge is 0.409 e. The second-order valence-electron chi connectivity index (χ2n) is 5.82. The summed E-state index contributed by atoms with van der Waals surface area (Å²) in [5.41, 5.74) is 1.18. The van der Waals surface area contributed by atoms with E-state index in [2.05, 4.69) is 12.2 Å². The van der Waals surface area contributed by atoms with Gasteiger partial charge in [-0.15, -0.1) is 0 Å². The normalized spacial score (nSPS) is 15.0. The van der Waals surface area contributed by atoms with Crippen LogP contribution in [0.2, 0.25) is 0 Å². The molecule has 0 aliphatic carbocycles. The van der Waals surface area contributed by atoms with Crippen molar-refractivity contribution in [2.75, 3.05) is 26.3 Å². The molecule has 0 aromatic heterocycles. The third kappa shape index (κ3) is 5.44. The van der Waals surface area contributed by atoms with Gasteiger partial charge in [0, 0.05) is 19.1 Å². The van der Waals surface area contributed by atoms with E-state index >= 15 is 0 Å². The quantitative estimate of drug-likeness (QED) is 0.867. The molecule has 1 aliphatic heterocycles. The maximum absolute atomic E-state index is 12.0. The summed E-state index contributed by atoms with van der Waals surface area (Å²) in [7, 11) is 0. The van der Waals surface area contributed by atoms with Gasteiger partial charge in [-0.3, -0.25) is 4.79 Å². The fourth-order valence-electron chi connectivity index (χ4n) is 2.69. The molecule has 0 spiro atoms. The summed E-state index contributed by atoms with van der Waals surface area (Å²) in [5.74, 6) is 0.577. The van der Waals surface area contributed by atoms with Crippen molar-refractivity contribution < 1.29 is 19.1 Å². The van der Waals surface area contributed by atoms with E-state index in [0.717, 1.165) is 19.3 Å². The number of nitrogens with one attached hydrogen (secondary N) is 1. The Labute approximate surface area is 143 Å². The largest absolute Gasteiger partial charge is 0.484 e. The molecule has 1 N–H and O–H groups in total. The molecule has 1 aliphatic rings. The van der Waals surface area contributed by atoms with Gasteiger partial charge < -0.3 is 19.7 Å². The zero-order chi connectivity index (χ0) is 17.4. The Balaban J connectivity index is 1.70. The molecule has 1 heterocycles. The summed E-state index contributed by atoms with van der Waals surface area (Å²) in [4.78, 5) is 25.3. The van der Waals surface area contributed by atoms with Gasteiger partial charge in [-0.1, -0.05) is 19.1 Å². The standard InChI is InChI=1S/C18H26N2O4/c1-3-14-6-5-7-16(12-14)24-13-17(21)19-15-8-10-20(11-9-15)18(22)23-4-2/h5-7,12,15H,3-4,8-11,13H2,1-2H3,(H,19,21). The number of likely N-dealkylation sites (tertiary alicyclic amines) is 1. The van der Waals surface area contributed by atoms with Gasteiger partial charge in [-0.2, -0.15) is 0 Å². The maximum atomic E-state index is 12.0. The van der Waals surface area contributed by atoms with Crippen LogP contribution < -0.4 is 10.1 Å². The van der Waals surface area contributed by atoms with Crippen molar-refractivity contribution in [3.63, 3.8) is 0 Å². The Hall–Kier alpha value is -2.24. The van der Waals surface area contributed by atoms with E-state index in [1.165, 1.54) is 5.56 Å². The zero-order valence-electron chi connectivity index (χ0n) is 14.4. The van der Waals surface area contributed by atoms with Crippen LogP contribution >= 0.6 is 0 Å². The predicted molar refractivity (Wildman–Crippen MR) is 91.1 cm³/mol. The average Bonchev–Trinajstić information content (AvgIpc) is 2.61. The van der Waals surface area contributed by atoms with Gasteiger partial charge in [0.05, 0.1) is 6.61 Å². The minimum atomic E-state index is -0.276. The van der Waals surface area contributed by atoms with Gasteiger partial charge in [0.25, 0.3) is 5.91 Å². The Morgan fingerprint density at radius 3 is 2.67 bits per heavy atom. The molecule has 0 saturated carbocycles. The number of piperidine rings is 1.